The first kappa shape index (κ1) is 24.9. The predicted octanol–water partition coefficient (Wildman–Crippen LogP) is 3.36. The topological polar surface area (TPSA) is 116 Å². The van der Waals surface area contributed by atoms with Crippen molar-refractivity contribution in [1.29, 1.82) is 5.26 Å². The number of hydrogen-bond acceptors (Lipinski definition) is 8. The molecule has 1 saturated heterocycles. The molecule has 0 saturated carbocycles. The van der Waals surface area contributed by atoms with Crippen LogP contribution in [0.2, 0.25) is 0 Å². The minimum atomic E-state index is -2.14. The van der Waals surface area contributed by atoms with E-state index >= 15 is 0 Å². The van der Waals surface area contributed by atoms with Gasteiger partial charge in [0, 0.05) is 41.9 Å². The molecule has 0 radical (unpaired) electrons. The van der Waals surface area contributed by atoms with Crippen molar-refractivity contribution in [3.05, 3.63) is 42.4 Å². The number of aromatic nitrogens is 3. The van der Waals surface area contributed by atoms with Gasteiger partial charge in [-0.1, -0.05) is 13.8 Å². The van der Waals surface area contributed by atoms with Gasteiger partial charge in [0.05, 0.1) is 45.3 Å². The van der Waals surface area contributed by atoms with Crippen molar-refractivity contribution in [2.45, 2.75) is 33.3 Å². The van der Waals surface area contributed by atoms with Crippen molar-refractivity contribution >= 4 is 21.1 Å². The predicted molar refractivity (Wildman–Crippen MR) is 137 cm³/mol. The smallest absolute Gasteiger partial charge is 0.138 e. The van der Waals surface area contributed by atoms with Crippen molar-refractivity contribution in [2.75, 3.05) is 42.6 Å². The first-order chi connectivity index (χ1) is 16.6. The van der Waals surface area contributed by atoms with Gasteiger partial charge in [0.2, 0.25) is 0 Å². The zero-order valence-corrected chi connectivity index (χ0v) is 21.5. The molecule has 1 fully saturated rings. The summed E-state index contributed by atoms with van der Waals surface area (Å²) in [5.74, 6) is 2.85. The molecule has 4 heterocycles. The molecule has 1 aliphatic heterocycles. The summed E-state index contributed by atoms with van der Waals surface area (Å²) < 4.78 is 24.9. The van der Waals surface area contributed by atoms with Gasteiger partial charge >= 0.3 is 0 Å². The van der Waals surface area contributed by atoms with Crippen molar-refractivity contribution in [3.63, 3.8) is 0 Å². The highest BCUT2D eigenvalue weighted by molar-refractivity contribution is 7.93. The molecule has 0 amide bonds. The molecule has 0 aromatic carbocycles. The Hall–Kier alpha value is -3.16. The van der Waals surface area contributed by atoms with Crippen molar-refractivity contribution in [3.8, 4) is 22.9 Å². The Balaban J connectivity index is 1.59. The third-order valence-corrected chi connectivity index (χ3v) is 7.98. The molecule has 10 heteroatoms. The largest absolute Gasteiger partial charge is 0.489 e. The molecule has 1 N–H and O–H groups in total. The van der Waals surface area contributed by atoms with E-state index in [1.165, 1.54) is 6.20 Å². The first-order valence-electron chi connectivity index (χ1n) is 11.7. The number of aliphatic hydroxyl groups is 1. The number of ether oxygens (including phenoxy) is 1. The molecule has 4 rings (SSSR count). The van der Waals surface area contributed by atoms with Crippen LogP contribution >= 0.6 is 0 Å². The van der Waals surface area contributed by atoms with Crippen molar-refractivity contribution < 1.29 is 14.1 Å². The fourth-order valence-corrected chi connectivity index (χ4v) is 5.88. The second-order valence-electron chi connectivity index (χ2n) is 9.93. The second kappa shape index (κ2) is 9.84. The van der Waals surface area contributed by atoms with E-state index in [4.69, 9.17) is 4.74 Å². The summed E-state index contributed by atoms with van der Waals surface area (Å²) in [5, 5.41) is 23.9. The fraction of sp³-hybridized carbons (Fsp3) is 0.480. The number of hydrogen-bond donors (Lipinski definition) is 1. The number of anilines is 1. The van der Waals surface area contributed by atoms with Crippen LogP contribution in [0.15, 0.2) is 41.2 Å². The summed E-state index contributed by atoms with van der Waals surface area (Å²) in [6.45, 7) is 9.57. The van der Waals surface area contributed by atoms with Crippen LogP contribution in [0.1, 0.15) is 33.3 Å². The lowest BCUT2D eigenvalue weighted by Gasteiger charge is -2.30. The quantitative estimate of drug-likeness (QED) is 0.533. The van der Waals surface area contributed by atoms with E-state index in [0.29, 0.717) is 53.9 Å². The molecule has 186 valence electrons. The van der Waals surface area contributed by atoms with Gasteiger partial charge in [-0.2, -0.15) is 10.4 Å². The Morgan fingerprint density at radius 2 is 2.03 bits per heavy atom. The maximum Gasteiger partial charge on any atom is 0.138 e. The van der Waals surface area contributed by atoms with Gasteiger partial charge in [-0.3, -0.25) is 0 Å². The summed E-state index contributed by atoms with van der Waals surface area (Å²) in [4.78, 5) is 6.81. The molecule has 35 heavy (non-hydrogen) atoms. The lowest BCUT2D eigenvalue weighted by atomic mass is 10.1. The Kier molecular flexibility index (Phi) is 7.01. The fourth-order valence-electron chi connectivity index (χ4n) is 3.83. The molecular weight excluding hydrogens is 464 g/mol. The molecule has 0 spiro atoms. The van der Waals surface area contributed by atoms with Crippen LogP contribution < -0.4 is 9.64 Å². The number of fused-ring (bicyclic) bond motifs is 1. The van der Waals surface area contributed by atoms with Gasteiger partial charge in [-0.25, -0.2) is 18.1 Å². The molecule has 9 nitrogen and oxygen atoms in total. The summed E-state index contributed by atoms with van der Waals surface area (Å²) in [5.41, 5.74) is 1.72. The number of pyridine rings is 2. The number of rotatable bonds is 7. The standard InChI is InChI=1S/C25H32N6O3S/c1-18(2)13-29-35(33)9-7-30(8-10-35)23-6-5-19(14-27-23)22-11-21(34-17-25(3,4)32)16-31-24(22)20(12-26)15-28-31/h5-6,11,14-16,18,32H,7-10,13,17H2,1-4H3. The monoisotopic (exact) mass is 496 g/mol. The highest BCUT2D eigenvalue weighted by Gasteiger charge is 2.22. The Morgan fingerprint density at radius 1 is 1.29 bits per heavy atom. The second-order valence-corrected chi connectivity index (χ2v) is 12.6. The van der Waals surface area contributed by atoms with Gasteiger partial charge in [-0.15, -0.1) is 0 Å². The third-order valence-electron chi connectivity index (χ3n) is 5.72. The van der Waals surface area contributed by atoms with Gasteiger partial charge < -0.3 is 14.7 Å². The molecule has 0 bridgehead atoms. The van der Waals surface area contributed by atoms with Gasteiger partial charge in [0.15, 0.2) is 0 Å². The maximum atomic E-state index is 13.0. The van der Waals surface area contributed by atoms with E-state index < -0.39 is 15.3 Å². The Morgan fingerprint density at radius 3 is 2.63 bits per heavy atom. The van der Waals surface area contributed by atoms with Crippen LogP contribution in [0.5, 0.6) is 5.75 Å². The lowest BCUT2D eigenvalue weighted by molar-refractivity contribution is 0.0283. The summed E-state index contributed by atoms with van der Waals surface area (Å²) in [6, 6.07) is 7.94. The molecule has 3 aromatic heterocycles. The van der Waals surface area contributed by atoms with Crippen molar-refractivity contribution in [2.24, 2.45) is 10.3 Å². The van der Waals surface area contributed by atoms with Crippen LogP contribution in [0.25, 0.3) is 16.6 Å². The van der Waals surface area contributed by atoms with Gasteiger partial charge in [0.25, 0.3) is 0 Å². The van der Waals surface area contributed by atoms with E-state index in [9.17, 15) is 14.6 Å². The minimum absolute atomic E-state index is 0.114. The molecule has 0 unspecified atom stereocenters. The zero-order valence-electron chi connectivity index (χ0n) is 20.6. The Labute approximate surface area is 206 Å². The van der Waals surface area contributed by atoms with Crippen molar-refractivity contribution in [1.82, 2.24) is 14.6 Å². The number of nitriles is 1. The average molecular weight is 497 g/mol. The van der Waals surface area contributed by atoms with E-state index in [-0.39, 0.29) is 6.61 Å². The van der Waals surface area contributed by atoms with Crippen LogP contribution in [-0.2, 0) is 9.73 Å². The zero-order chi connectivity index (χ0) is 25.2. The van der Waals surface area contributed by atoms with Crippen LogP contribution in [0.3, 0.4) is 0 Å². The van der Waals surface area contributed by atoms with Crippen LogP contribution in [-0.4, -0.2) is 67.3 Å². The van der Waals surface area contributed by atoms with Gasteiger partial charge in [0.1, 0.15) is 24.2 Å². The minimum Gasteiger partial charge on any atom is -0.489 e. The third kappa shape index (κ3) is 5.92. The van der Waals surface area contributed by atoms with E-state index in [1.807, 2.05) is 18.2 Å². The first-order valence-corrected chi connectivity index (χ1v) is 13.6. The Bertz CT molecular complexity index is 1340. The highest BCUT2D eigenvalue weighted by atomic mass is 32.2. The normalized spacial score (nSPS) is 15.9. The SMILES string of the molecule is CC(C)CN=S1(=O)CCN(c2ccc(-c3cc(OCC(C)(C)O)cn4ncc(C#N)c34)cn2)CC1. The van der Waals surface area contributed by atoms with Crippen LogP contribution in [0.4, 0.5) is 5.82 Å². The van der Waals surface area contributed by atoms with E-state index in [1.54, 1.807) is 30.8 Å². The lowest BCUT2D eigenvalue weighted by Crippen LogP contribution is -2.40. The van der Waals surface area contributed by atoms with E-state index in [0.717, 1.165) is 16.9 Å². The summed E-state index contributed by atoms with van der Waals surface area (Å²) in [7, 11) is -2.14. The highest BCUT2D eigenvalue weighted by Crippen LogP contribution is 2.31. The molecule has 0 aliphatic carbocycles. The molecular formula is C25H32N6O3S. The van der Waals surface area contributed by atoms with Crippen LogP contribution in [0, 0.1) is 17.2 Å². The summed E-state index contributed by atoms with van der Waals surface area (Å²) in [6.07, 6.45) is 4.99. The average Bonchev–Trinajstić information content (AvgIpc) is 3.24. The summed E-state index contributed by atoms with van der Waals surface area (Å²) >= 11 is 0. The maximum absolute atomic E-state index is 13.0. The number of nitrogens with zero attached hydrogens (tertiary/aromatic N) is 6. The molecule has 0 atom stereocenters. The molecule has 1 aliphatic rings. The van der Waals surface area contributed by atoms with E-state index in [2.05, 4.69) is 39.3 Å². The molecule has 3 aromatic rings. The van der Waals surface area contributed by atoms with Gasteiger partial charge in [-0.05, 0) is 38.0 Å².